The van der Waals surface area contributed by atoms with Crippen LogP contribution in [0.1, 0.15) is 36.1 Å². The average molecular weight is 474 g/mol. The Bertz CT molecular complexity index is 1500. The third-order valence-corrected chi connectivity index (χ3v) is 7.05. The number of carboxylic acids is 1. The van der Waals surface area contributed by atoms with Crippen molar-refractivity contribution in [3.63, 3.8) is 0 Å². The summed E-state index contributed by atoms with van der Waals surface area (Å²) >= 11 is 0. The van der Waals surface area contributed by atoms with Crippen molar-refractivity contribution in [3.8, 4) is 11.1 Å². The third-order valence-electron chi connectivity index (χ3n) is 7.05. The van der Waals surface area contributed by atoms with E-state index in [-0.39, 0.29) is 25.3 Å². The minimum Gasteiger partial charge on any atom is -0.481 e. The van der Waals surface area contributed by atoms with E-state index < -0.39 is 17.5 Å². The van der Waals surface area contributed by atoms with Crippen LogP contribution >= 0.6 is 0 Å². The van der Waals surface area contributed by atoms with Gasteiger partial charge < -0.3 is 18.8 Å². The van der Waals surface area contributed by atoms with Crippen molar-refractivity contribution in [3.05, 3.63) is 69.8 Å². The molecule has 0 spiro atoms. The van der Waals surface area contributed by atoms with Crippen LogP contribution in [-0.4, -0.2) is 35.0 Å². The molecule has 1 saturated heterocycles. The minimum atomic E-state index is -0.871. The topological polar surface area (TPSA) is 101 Å². The number of furan rings is 1. The van der Waals surface area contributed by atoms with E-state index in [1.165, 1.54) is 0 Å². The molecule has 1 amide bonds. The minimum absolute atomic E-state index is 0.131. The van der Waals surface area contributed by atoms with E-state index in [0.29, 0.717) is 36.1 Å². The van der Waals surface area contributed by atoms with Gasteiger partial charge in [0.1, 0.15) is 16.9 Å². The summed E-state index contributed by atoms with van der Waals surface area (Å²) in [4.78, 5) is 38.5. The molecule has 2 aromatic heterocycles. The number of carbonyl (C=O) groups is 2. The molecule has 7 heteroatoms. The fourth-order valence-electron chi connectivity index (χ4n) is 5.15. The van der Waals surface area contributed by atoms with Crippen molar-refractivity contribution in [2.75, 3.05) is 13.1 Å². The van der Waals surface area contributed by atoms with Crippen molar-refractivity contribution in [2.45, 2.75) is 39.5 Å². The molecule has 35 heavy (non-hydrogen) atoms. The molecule has 0 bridgehead atoms. The number of fused-ring (bicyclic) bond motifs is 2. The molecule has 4 aromatic rings. The number of carbonyl (C=O) groups excluding carboxylic acids is 1. The first kappa shape index (κ1) is 22.9. The third kappa shape index (κ3) is 4.22. The van der Waals surface area contributed by atoms with Gasteiger partial charge in [-0.1, -0.05) is 30.3 Å². The molecular weight excluding hydrogens is 446 g/mol. The Morgan fingerprint density at radius 2 is 1.80 bits per heavy atom. The van der Waals surface area contributed by atoms with Crippen molar-refractivity contribution in [1.82, 2.24) is 4.90 Å². The second kappa shape index (κ2) is 9.06. The zero-order chi connectivity index (χ0) is 24.7. The predicted octanol–water partition coefficient (Wildman–Crippen LogP) is 5.08. The van der Waals surface area contributed by atoms with E-state index in [4.69, 9.17) is 8.83 Å². The number of rotatable bonds is 5. The molecule has 0 radical (unpaired) electrons. The molecule has 7 nitrogen and oxygen atoms in total. The van der Waals surface area contributed by atoms with Crippen LogP contribution in [-0.2, 0) is 16.0 Å². The molecule has 1 aliphatic rings. The maximum absolute atomic E-state index is 12.8. The van der Waals surface area contributed by atoms with Gasteiger partial charge in [-0.05, 0) is 50.3 Å². The highest BCUT2D eigenvalue weighted by atomic mass is 16.4. The van der Waals surface area contributed by atoms with Crippen molar-refractivity contribution >= 4 is 33.8 Å². The van der Waals surface area contributed by atoms with Crippen molar-refractivity contribution in [2.24, 2.45) is 5.92 Å². The van der Waals surface area contributed by atoms with Gasteiger partial charge in [0.05, 0.1) is 5.92 Å². The summed E-state index contributed by atoms with van der Waals surface area (Å²) in [6, 6.07) is 13.7. The Kier molecular flexibility index (Phi) is 5.93. The summed E-state index contributed by atoms with van der Waals surface area (Å²) < 4.78 is 11.6. The molecule has 0 aliphatic carbocycles. The van der Waals surface area contributed by atoms with Crippen LogP contribution in [0.15, 0.2) is 56.1 Å². The number of aryl methyl sites for hydroxylation is 2. The van der Waals surface area contributed by atoms with Gasteiger partial charge in [0.2, 0.25) is 5.91 Å². The Morgan fingerprint density at radius 3 is 2.54 bits per heavy atom. The molecule has 5 rings (SSSR count). The first-order valence-corrected chi connectivity index (χ1v) is 11.9. The first-order chi connectivity index (χ1) is 16.8. The summed E-state index contributed by atoms with van der Waals surface area (Å²) in [5.74, 6) is -0.750. The van der Waals surface area contributed by atoms with Crippen LogP contribution in [0.25, 0.3) is 33.1 Å². The number of hydrogen-bond acceptors (Lipinski definition) is 5. The molecule has 2 aromatic carbocycles. The monoisotopic (exact) mass is 473 g/mol. The quantitative estimate of drug-likeness (QED) is 0.406. The average Bonchev–Trinajstić information content (AvgIpc) is 3.17. The Hall–Kier alpha value is -3.87. The molecular formula is C28H27NO6. The van der Waals surface area contributed by atoms with Crippen LogP contribution in [0.2, 0.25) is 0 Å². The van der Waals surface area contributed by atoms with Gasteiger partial charge in [-0.25, -0.2) is 4.79 Å². The molecule has 1 atom stereocenters. The normalized spacial score (nSPS) is 16.2. The Morgan fingerprint density at radius 1 is 1.06 bits per heavy atom. The number of amides is 1. The molecule has 0 saturated carbocycles. The number of aliphatic carboxylic acids is 1. The Balaban J connectivity index is 1.47. The highest BCUT2D eigenvalue weighted by molar-refractivity contribution is 6.03. The van der Waals surface area contributed by atoms with E-state index in [1.54, 1.807) is 11.0 Å². The fraction of sp³-hybridized carbons (Fsp3) is 0.321. The molecule has 1 aliphatic heterocycles. The number of hydrogen-bond donors (Lipinski definition) is 1. The highest BCUT2D eigenvalue weighted by Gasteiger charge is 2.28. The first-order valence-electron chi connectivity index (χ1n) is 11.9. The molecule has 0 unspecified atom stereocenters. The zero-order valence-corrected chi connectivity index (χ0v) is 19.8. The fourth-order valence-corrected chi connectivity index (χ4v) is 5.15. The number of likely N-dealkylation sites (tertiary alicyclic amines) is 1. The van der Waals surface area contributed by atoms with Crippen LogP contribution in [0.4, 0.5) is 0 Å². The number of carboxylic acid groups (broad SMARTS) is 1. The lowest BCUT2D eigenvalue weighted by molar-refractivity contribution is -0.145. The van der Waals surface area contributed by atoms with E-state index in [9.17, 15) is 19.5 Å². The van der Waals surface area contributed by atoms with Crippen molar-refractivity contribution in [1.29, 1.82) is 0 Å². The van der Waals surface area contributed by atoms with Gasteiger partial charge in [-0.2, -0.15) is 0 Å². The lowest BCUT2D eigenvalue weighted by atomic mass is 9.96. The molecule has 1 fully saturated rings. The van der Waals surface area contributed by atoms with Gasteiger partial charge in [-0.15, -0.1) is 0 Å². The Labute approximate surface area is 201 Å². The second-order valence-electron chi connectivity index (χ2n) is 9.25. The second-order valence-corrected chi connectivity index (χ2v) is 9.25. The van der Waals surface area contributed by atoms with Gasteiger partial charge in [0, 0.05) is 47.5 Å². The van der Waals surface area contributed by atoms with Crippen LogP contribution in [0, 0.1) is 19.8 Å². The van der Waals surface area contributed by atoms with Gasteiger partial charge in [0.25, 0.3) is 0 Å². The summed E-state index contributed by atoms with van der Waals surface area (Å²) in [6.45, 7) is 4.57. The smallest absolute Gasteiger partial charge is 0.339 e. The predicted molar refractivity (Wildman–Crippen MR) is 132 cm³/mol. The number of benzene rings is 2. The molecule has 180 valence electrons. The largest absolute Gasteiger partial charge is 0.481 e. The van der Waals surface area contributed by atoms with Crippen LogP contribution in [0.5, 0.6) is 0 Å². The zero-order valence-electron chi connectivity index (χ0n) is 19.8. The standard InChI is InChI=1S/C28H27NO6/c1-16-20(10-11-25(30)29-12-6-9-19(15-29)27(31)32)28(33)35-23-14-24-22(13-21(16)23)26(17(2)34-24)18-7-4-3-5-8-18/h3-5,7-8,13-14,19H,6,9-12,15H2,1-2H3,(H,31,32)/t19-/m1/s1. The van der Waals surface area contributed by atoms with Gasteiger partial charge in [0.15, 0.2) is 0 Å². The van der Waals surface area contributed by atoms with E-state index >= 15 is 0 Å². The molecule has 1 N–H and O–H groups in total. The summed E-state index contributed by atoms with van der Waals surface area (Å²) in [5, 5.41) is 11.0. The van der Waals surface area contributed by atoms with E-state index in [0.717, 1.165) is 33.2 Å². The van der Waals surface area contributed by atoms with Crippen LogP contribution < -0.4 is 5.63 Å². The summed E-state index contributed by atoms with van der Waals surface area (Å²) in [6.07, 6.45) is 1.63. The van der Waals surface area contributed by atoms with Crippen LogP contribution in [0.3, 0.4) is 0 Å². The maximum Gasteiger partial charge on any atom is 0.339 e. The van der Waals surface area contributed by atoms with E-state index in [1.807, 2.05) is 50.2 Å². The van der Waals surface area contributed by atoms with Gasteiger partial charge in [-0.3, -0.25) is 9.59 Å². The summed E-state index contributed by atoms with van der Waals surface area (Å²) in [7, 11) is 0. The SMILES string of the molecule is Cc1oc2cc3oc(=O)c(CCC(=O)N4CCC[C@@H](C(=O)O)C4)c(C)c3cc2c1-c1ccccc1. The lowest BCUT2D eigenvalue weighted by Crippen LogP contribution is -2.42. The van der Waals surface area contributed by atoms with Gasteiger partial charge >= 0.3 is 11.6 Å². The highest BCUT2D eigenvalue weighted by Crippen LogP contribution is 2.37. The van der Waals surface area contributed by atoms with E-state index in [2.05, 4.69) is 0 Å². The number of nitrogens with zero attached hydrogens (tertiary/aromatic N) is 1. The number of piperidine rings is 1. The van der Waals surface area contributed by atoms with Crippen molar-refractivity contribution < 1.29 is 23.5 Å². The lowest BCUT2D eigenvalue weighted by Gasteiger charge is -2.30. The summed E-state index contributed by atoms with van der Waals surface area (Å²) in [5.41, 5.74) is 3.94. The molecule has 3 heterocycles. The maximum atomic E-state index is 12.8.